The Morgan fingerprint density at radius 1 is 1.55 bits per heavy atom. The van der Waals surface area contributed by atoms with Gasteiger partial charge in [0.1, 0.15) is 0 Å². The third-order valence-electron chi connectivity index (χ3n) is 1.40. The van der Waals surface area contributed by atoms with Crippen molar-refractivity contribution in [2.45, 2.75) is 26.2 Å². The van der Waals surface area contributed by atoms with Gasteiger partial charge in [0.05, 0.1) is 19.0 Å². The largest absolute Gasteiger partial charge is 0.387 e. The molecular formula is C8H18N2O. The highest BCUT2D eigenvalue weighted by atomic mass is 16.5. The summed E-state index contributed by atoms with van der Waals surface area (Å²) in [5.41, 5.74) is 5.59. The molecule has 0 heterocycles. The van der Waals surface area contributed by atoms with Gasteiger partial charge in [0, 0.05) is 13.5 Å². The summed E-state index contributed by atoms with van der Waals surface area (Å²) in [6, 6.07) is 0. The minimum absolute atomic E-state index is 0.660. The summed E-state index contributed by atoms with van der Waals surface area (Å²) in [6.07, 6.45) is 3.21. The van der Waals surface area contributed by atoms with Gasteiger partial charge in [-0.3, -0.25) is 4.99 Å². The van der Waals surface area contributed by atoms with E-state index in [0.717, 1.165) is 18.7 Å². The number of methoxy groups -OCH3 is 1. The van der Waals surface area contributed by atoms with Crippen LogP contribution in [0.3, 0.4) is 0 Å². The zero-order chi connectivity index (χ0) is 8.53. The Bertz CT molecular complexity index is 113. The molecular weight excluding hydrogens is 140 g/mol. The summed E-state index contributed by atoms with van der Waals surface area (Å²) >= 11 is 0. The van der Waals surface area contributed by atoms with E-state index in [0.29, 0.717) is 13.2 Å². The number of nitrogens with two attached hydrogens (primary N) is 1. The molecule has 0 aromatic rings. The van der Waals surface area contributed by atoms with Crippen molar-refractivity contribution in [1.29, 1.82) is 0 Å². The van der Waals surface area contributed by atoms with Gasteiger partial charge < -0.3 is 10.5 Å². The summed E-state index contributed by atoms with van der Waals surface area (Å²) < 4.78 is 4.83. The quantitative estimate of drug-likeness (QED) is 0.358. The van der Waals surface area contributed by atoms with Crippen molar-refractivity contribution in [3.8, 4) is 0 Å². The second-order valence-corrected chi connectivity index (χ2v) is 2.47. The molecule has 0 fully saturated rings. The lowest BCUT2D eigenvalue weighted by Gasteiger charge is -1.98. The normalized spacial score (nSPS) is 12.0. The molecule has 0 aromatic heterocycles. The summed E-state index contributed by atoms with van der Waals surface area (Å²) in [7, 11) is 1.66. The van der Waals surface area contributed by atoms with Crippen LogP contribution in [-0.4, -0.2) is 26.1 Å². The molecule has 0 saturated carbocycles. The van der Waals surface area contributed by atoms with Crippen molar-refractivity contribution in [2.24, 2.45) is 10.7 Å². The van der Waals surface area contributed by atoms with Crippen LogP contribution < -0.4 is 5.73 Å². The third-order valence-corrected chi connectivity index (χ3v) is 1.40. The minimum Gasteiger partial charge on any atom is -0.387 e. The van der Waals surface area contributed by atoms with E-state index in [1.807, 2.05) is 0 Å². The third kappa shape index (κ3) is 7.33. The topological polar surface area (TPSA) is 47.6 Å². The highest BCUT2D eigenvalue weighted by Gasteiger charge is 1.89. The molecule has 2 N–H and O–H groups in total. The first-order valence-corrected chi connectivity index (χ1v) is 4.09. The van der Waals surface area contributed by atoms with E-state index in [9.17, 15) is 0 Å². The van der Waals surface area contributed by atoms with Crippen LogP contribution in [-0.2, 0) is 4.74 Å². The van der Waals surface area contributed by atoms with Crippen molar-refractivity contribution in [2.75, 3.05) is 20.3 Å². The van der Waals surface area contributed by atoms with E-state index in [-0.39, 0.29) is 0 Å². The fraction of sp³-hybridized carbons (Fsp3) is 0.875. The maximum Gasteiger partial charge on any atom is 0.0938 e. The fourth-order valence-corrected chi connectivity index (χ4v) is 0.717. The van der Waals surface area contributed by atoms with E-state index in [1.54, 1.807) is 7.11 Å². The Morgan fingerprint density at radius 3 is 2.82 bits per heavy atom. The van der Waals surface area contributed by atoms with Crippen LogP contribution in [0.4, 0.5) is 0 Å². The molecule has 0 radical (unpaired) electrons. The van der Waals surface area contributed by atoms with Crippen LogP contribution in [0.5, 0.6) is 0 Å². The van der Waals surface area contributed by atoms with Crippen LogP contribution >= 0.6 is 0 Å². The molecule has 0 amide bonds. The smallest absolute Gasteiger partial charge is 0.0938 e. The van der Waals surface area contributed by atoms with Crippen molar-refractivity contribution >= 4 is 5.84 Å². The van der Waals surface area contributed by atoms with E-state index in [1.165, 1.54) is 6.42 Å². The van der Waals surface area contributed by atoms with E-state index in [2.05, 4.69) is 11.9 Å². The van der Waals surface area contributed by atoms with Gasteiger partial charge in [-0.25, -0.2) is 0 Å². The number of nitrogens with zero attached hydrogens (tertiary/aromatic N) is 1. The Morgan fingerprint density at radius 2 is 2.27 bits per heavy atom. The molecule has 0 unspecified atom stereocenters. The number of aliphatic imine (C=N–C) groups is 1. The standard InChI is InChI=1S/C8H18N2O/c1-3-4-5-8(9)10-6-7-11-2/h3-7H2,1-2H3,(H2,9,10). The highest BCUT2D eigenvalue weighted by molar-refractivity contribution is 5.80. The predicted molar refractivity (Wildman–Crippen MR) is 47.9 cm³/mol. The van der Waals surface area contributed by atoms with Crippen LogP contribution in [0.2, 0.25) is 0 Å². The second kappa shape index (κ2) is 7.54. The van der Waals surface area contributed by atoms with Gasteiger partial charge >= 0.3 is 0 Å². The maximum absolute atomic E-state index is 5.59. The molecule has 11 heavy (non-hydrogen) atoms. The number of unbranched alkanes of at least 4 members (excludes halogenated alkanes) is 1. The Hall–Kier alpha value is -0.570. The number of hydrogen-bond donors (Lipinski definition) is 1. The molecule has 0 aliphatic carbocycles. The Labute approximate surface area is 68.6 Å². The number of hydrogen-bond acceptors (Lipinski definition) is 2. The molecule has 0 saturated heterocycles. The zero-order valence-corrected chi connectivity index (χ0v) is 7.47. The molecule has 0 atom stereocenters. The molecule has 0 bridgehead atoms. The predicted octanol–water partition coefficient (Wildman–Crippen LogP) is 1.18. The average molecular weight is 158 g/mol. The molecule has 0 aliphatic rings. The van der Waals surface area contributed by atoms with E-state index in [4.69, 9.17) is 10.5 Å². The van der Waals surface area contributed by atoms with Gasteiger partial charge in [0.25, 0.3) is 0 Å². The van der Waals surface area contributed by atoms with Crippen molar-refractivity contribution in [3.63, 3.8) is 0 Å². The summed E-state index contributed by atoms with van der Waals surface area (Å²) in [5, 5.41) is 0. The van der Waals surface area contributed by atoms with Gasteiger partial charge in [-0.1, -0.05) is 13.3 Å². The lowest BCUT2D eigenvalue weighted by molar-refractivity contribution is 0.208. The monoisotopic (exact) mass is 158 g/mol. The summed E-state index contributed by atoms with van der Waals surface area (Å²) in [6.45, 7) is 3.49. The molecule has 66 valence electrons. The van der Waals surface area contributed by atoms with E-state index >= 15 is 0 Å². The molecule has 3 nitrogen and oxygen atoms in total. The molecule has 0 aliphatic heterocycles. The first-order valence-electron chi connectivity index (χ1n) is 4.09. The number of ether oxygens (including phenoxy) is 1. The summed E-state index contributed by atoms with van der Waals surface area (Å²) in [5.74, 6) is 0.754. The minimum atomic E-state index is 0.660. The molecule has 0 rings (SSSR count). The van der Waals surface area contributed by atoms with Gasteiger partial charge in [-0.2, -0.15) is 0 Å². The maximum atomic E-state index is 5.59. The first kappa shape index (κ1) is 10.4. The average Bonchev–Trinajstić information content (AvgIpc) is 2.01. The zero-order valence-electron chi connectivity index (χ0n) is 7.47. The SMILES string of the molecule is CCCCC(N)=NCCOC. The number of rotatable bonds is 6. The van der Waals surface area contributed by atoms with Crippen molar-refractivity contribution in [1.82, 2.24) is 0 Å². The lowest BCUT2D eigenvalue weighted by atomic mass is 10.2. The van der Waals surface area contributed by atoms with Gasteiger partial charge in [-0.15, -0.1) is 0 Å². The first-order chi connectivity index (χ1) is 5.31. The Balaban J connectivity index is 3.30. The van der Waals surface area contributed by atoms with Gasteiger partial charge in [0.2, 0.25) is 0 Å². The van der Waals surface area contributed by atoms with Crippen LogP contribution in [0, 0.1) is 0 Å². The lowest BCUT2D eigenvalue weighted by Crippen LogP contribution is -2.12. The van der Waals surface area contributed by atoms with Crippen molar-refractivity contribution < 1.29 is 4.74 Å². The van der Waals surface area contributed by atoms with Crippen molar-refractivity contribution in [3.05, 3.63) is 0 Å². The van der Waals surface area contributed by atoms with Gasteiger partial charge in [0.15, 0.2) is 0 Å². The fourth-order valence-electron chi connectivity index (χ4n) is 0.717. The van der Waals surface area contributed by atoms with Gasteiger partial charge in [-0.05, 0) is 6.42 Å². The highest BCUT2D eigenvalue weighted by Crippen LogP contribution is 1.93. The second-order valence-electron chi connectivity index (χ2n) is 2.47. The molecule has 0 spiro atoms. The van der Waals surface area contributed by atoms with Crippen LogP contribution in [0.25, 0.3) is 0 Å². The number of amidine groups is 1. The van der Waals surface area contributed by atoms with E-state index < -0.39 is 0 Å². The molecule has 3 heteroatoms. The Kier molecular flexibility index (Phi) is 7.15. The van der Waals surface area contributed by atoms with Crippen LogP contribution in [0.1, 0.15) is 26.2 Å². The summed E-state index contributed by atoms with van der Waals surface area (Å²) in [4.78, 5) is 4.12. The van der Waals surface area contributed by atoms with Crippen LogP contribution in [0.15, 0.2) is 4.99 Å². The molecule has 0 aromatic carbocycles.